The highest BCUT2D eigenvalue weighted by atomic mass is 32.1. The van der Waals surface area contributed by atoms with E-state index in [2.05, 4.69) is 26.0 Å². The van der Waals surface area contributed by atoms with Crippen LogP contribution in [0.2, 0.25) is 0 Å². The minimum atomic E-state index is -0.0545. The van der Waals surface area contributed by atoms with Crippen molar-refractivity contribution in [1.29, 1.82) is 0 Å². The summed E-state index contributed by atoms with van der Waals surface area (Å²) in [6.45, 7) is 1.88. The molecule has 0 saturated carbocycles. The molecule has 1 aliphatic heterocycles. The summed E-state index contributed by atoms with van der Waals surface area (Å²) in [6, 6.07) is 5.82. The maximum absolute atomic E-state index is 12.8. The Morgan fingerprint density at radius 3 is 3.00 bits per heavy atom. The normalized spacial score (nSPS) is 13.6. The molecule has 0 saturated heterocycles. The predicted octanol–water partition coefficient (Wildman–Crippen LogP) is 2.67. The Kier molecular flexibility index (Phi) is 3.78. The van der Waals surface area contributed by atoms with Crippen LogP contribution in [0.5, 0.6) is 5.75 Å². The standard InChI is InChI=1S/C17H16N4O2S/c1-23-14-10-18-5-4-12(14)17(22)20-6-7-21-13(9-19-16(21)11-20)15-3-2-8-24-15/h2-5,8-10H,6-7,11H2,1H3. The van der Waals surface area contributed by atoms with Crippen molar-refractivity contribution in [3.63, 3.8) is 0 Å². The maximum atomic E-state index is 12.8. The summed E-state index contributed by atoms with van der Waals surface area (Å²) in [7, 11) is 1.55. The Labute approximate surface area is 143 Å². The second kappa shape index (κ2) is 6.09. The van der Waals surface area contributed by atoms with Gasteiger partial charge in [-0.1, -0.05) is 6.07 Å². The van der Waals surface area contributed by atoms with Crippen molar-refractivity contribution in [2.24, 2.45) is 0 Å². The van der Waals surface area contributed by atoms with E-state index >= 15 is 0 Å². The number of aromatic nitrogens is 3. The Morgan fingerprint density at radius 2 is 2.21 bits per heavy atom. The van der Waals surface area contributed by atoms with Gasteiger partial charge in [-0.2, -0.15) is 0 Å². The smallest absolute Gasteiger partial charge is 0.258 e. The number of carbonyl (C=O) groups excluding carboxylic acids is 1. The van der Waals surface area contributed by atoms with Crippen molar-refractivity contribution < 1.29 is 9.53 Å². The van der Waals surface area contributed by atoms with Crippen molar-refractivity contribution in [3.8, 4) is 16.3 Å². The minimum Gasteiger partial charge on any atom is -0.494 e. The SMILES string of the molecule is COc1cnccc1C(=O)N1CCn2c(-c3cccs3)cnc2C1. The lowest BCUT2D eigenvalue weighted by Gasteiger charge is -2.29. The van der Waals surface area contributed by atoms with Gasteiger partial charge in [0.05, 0.1) is 42.2 Å². The third-order valence-corrected chi connectivity index (χ3v) is 5.05. The zero-order chi connectivity index (χ0) is 16.5. The van der Waals surface area contributed by atoms with E-state index in [-0.39, 0.29) is 5.91 Å². The van der Waals surface area contributed by atoms with Crippen LogP contribution in [0.3, 0.4) is 0 Å². The van der Waals surface area contributed by atoms with Gasteiger partial charge < -0.3 is 14.2 Å². The molecule has 1 aliphatic rings. The number of thiophene rings is 1. The van der Waals surface area contributed by atoms with Crippen LogP contribution in [0.1, 0.15) is 16.2 Å². The molecular formula is C17H16N4O2S. The van der Waals surface area contributed by atoms with Gasteiger partial charge in [0.2, 0.25) is 0 Å². The lowest BCUT2D eigenvalue weighted by Crippen LogP contribution is -2.38. The molecule has 0 bridgehead atoms. The monoisotopic (exact) mass is 340 g/mol. The Bertz CT molecular complexity index is 873. The molecule has 122 valence electrons. The summed E-state index contributed by atoms with van der Waals surface area (Å²) in [5.74, 6) is 1.35. The van der Waals surface area contributed by atoms with E-state index in [0.29, 0.717) is 24.4 Å². The van der Waals surface area contributed by atoms with E-state index in [4.69, 9.17) is 4.74 Å². The second-order valence-electron chi connectivity index (χ2n) is 5.49. The molecule has 0 aliphatic carbocycles. The molecule has 0 unspecified atom stereocenters. The van der Waals surface area contributed by atoms with Gasteiger partial charge in [0.25, 0.3) is 5.91 Å². The summed E-state index contributed by atoms with van der Waals surface area (Å²) in [5, 5.41) is 2.06. The third kappa shape index (κ3) is 2.46. The fraction of sp³-hybridized carbons (Fsp3) is 0.235. The maximum Gasteiger partial charge on any atom is 0.258 e. The topological polar surface area (TPSA) is 60.2 Å². The summed E-state index contributed by atoms with van der Waals surface area (Å²) in [4.78, 5) is 24.3. The van der Waals surface area contributed by atoms with Gasteiger partial charge in [-0.05, 0) is 17.5 Å². The van der Waals surface area contributed by atoms with Crippen molar-refractivity contribution >= 4 is 17.2 Å². The van der Waals surface area contributed by atoms with E-state index in [0.717, 1.165) is 18.1 Å². The lowest BCUT2D eigenvalue weighted by atomic mass is 10.2. The molecule has 0 atom stereocenters. The fourth-order valence-electron chi connectivity index (χ4n) is 2.94. The number of hydrogen-bond donors (Lipinski definition) is 0. The molecule has 4 heterocycles. The molecule has 0 radical (unpaired) electrons. The number of amides is 1. The summed E-state index contributed by atoms with van der Waals surface area (Å²) < 4.78 is 7.44. The van der Waals surface area contributed by atoms with Crippen LogP contribution < -0.4 is 4.74 Å². The van der Waals surface area contributed by atoms with Crippen molar-refractivity contribution in [3.05, 3.63) is 53.6 Å². The molecule has 24 heavy (non-hydrogen) atoms. The molecule has 7 heteroatoms. The first-order valence-corrected chi connectivity index (χ1v) is 8.51. The van der Waals surface area contributed by atoms with Gasteiger partial charge in [0.1, 0.15) is 11.6 Å². The van der Waals surface area contributed by atoms with E-state index in [1.165, 1.54) is 4.88 Å². The number of rotatable bonds is 3. The molecule has 1 amide bonds. The second-order valence-corrected chi connectivity index (χ2v) is 6.44. The first-order chi connectivity index (χ1) is 11.8. The summed E-state index contributed by atoms with van der Waals surface area (Å²) in [5.41, 5.74) is 1.65. The highest BCUT2D eigenvalue weighted by Crippen LogP contribution is 2.28. The fourth-order valence-corrected chi connectivity index (χ4v) is 3.69. The van der Waals surface area contributed by atoms with Gasteiger partial charge in [-0.3, -0.25) is 9.78 Å². The Balaban J connectivity index is 1.60. The molecule has 3 aromatic heterocycles. The van der Waals surface area contributed by atoms with E-state index in [9.17, 15) is 4.79 Å². The zero-order valence-corrected chi connectivity index (χ0v) is 14.0. The number of hydrogen-bond acceptors (Lipinski definition) is 5. The molecule has 0 spiro atoms. The highest BCUT2D eigenvalue weighted by molar-refractivity contribution is 7.13. The highest BCUT2D eigenvalue weighted by Gasteiger charge is 2.26. The molecule has 0 aromatic carbocycles. The number of pyridine rings is 1. The number of nitrogens with zero attached hydrogens (tertiary/aromatic N) is 4. The van der Waals surface area contributed by atoms with E-state index < -0.39 is 0 Å². The molecule has 0 N–H and O–H groups in total. The van der Waals surface area contributed by atoms with Crippen LogP contribution in [0, 0.1) is 0 Å². The van der Waals surface area contributed by atoms with Gasteiger partial charge in [0.15, 0.2) is 0 Å². The number of imidazole rings is 1. The average molecular weight is 340 g/mol. The number of carbonyl (C=O) groups is 1. The number of methoxy groups -OCH3 is 1. The van der Waals surface area contributed by atoms with Crippen LogP contribution in [0.15, 0.2) is 42.2 Å². The molecule has 3 aromatic rings. The van der Waals surface area contributed by atoms with Gasteiger partial charge >= 0.3 is 0 Å². The van der Waals surface area contributed by atoms with E-state index in [1.54, 1.807) is 41.8 Å². The molecule has 0 fully saturated rings. The van der Waals surface area contributed by atoms with Crippen molar-refractivity contribution in [2.75, 3.05) is 13.7 Å². The Hall–Kier alpha value is -2.67. The minimum absolute atomic E-state index is 0.0545. The quantitative estimate of drug-likeness (QED) is 0.735. The van der Waals surface area contributed by atoms with Gasteiger partial charge in [-0.25, -0.2) is 4.98 Å². The van der Waals surface area contributed by atoms with Crippen LogP contribution in [-0.4, -0.2) is 39.0 Å². The zero-order valence-electron chi connectivity index (χ0n) is 13.2. The summed E-state index contributed by atoms with van der Waals surface area (Å²) >= 11 is 1.70. The van der Waals surface area contributed by atoms with Crippen LogP contribution in [0.4, 0.5) is 0 Å². The largest absolute Gasteiger partial charge is 0.494 e. The van der Waals surface area contributed by atoms with Crippen molar-refractivity contribution in [2.45, 2.75) is 13.1 Å². The third-order valence-electron chi connectivity index (χ3n) is 4.16. The number of fused-ring (bicyclic) bond motifs is 1. The average Bonchev–Trinajstić information content (AvgIpc) is 3.29. The molecule has 6 nitrogen and oxygen atoms in total. The van der Waals surface area contributed by atoms with Crippen LogP contribution >= 0.6 is 11.3 Å². The lowest BCUT2D eigenvalue weighted by molar-refractivity contribution is 0.0704. The van der Waals surface area contributed by atoms with Crippen molar-refractivity contribution in [1.82, 2.24) is 19.4 Å². The first kappa shape index (κ1) is 14.9. The van der Waals surface area contributed by atoms with Crippen LogP contribution in [0.25, 0.3) is 10.6 Å². The molecule has 4 rings (SSSR count). The predicted molar refractivity (Wildman–Crippen MR) is 91.1 cm³/mol. The molecular weight excluding hydrogens is 324 g/mol. The summed E-state index contributed by atoms with van der Waals surface area (Å²) in [6.07, 6.45) is 5.06. The van der Waals surface area contributed by atoms with Crippen LogP contribution in [-0.2, 0) is 13.1 Å². The number of ether oxygens (including phenoxy) is 1. The Morgan fingerprint density at radius 1 is 1.29 bits per heavy atom. The van der Waals surface area contributed by atoms with E-state index in [1.807, 2.05) is 12.3 Å². The van der Waals surface area contributed by atoms with Gasteiger partial charge in [0, 0.05) is 19.3 Å². The van der Waals surface area contributed by atoms with Gasteiger partial charge in [-0.15, -0.1) is 11.3 Å². The first-order valence-electron chi connectivity index (χ1n) is 7.63.